The molecule has 0 saturated carbocycles. The number of nitrogens with two attached hydrogens (primary N) is 1. The van der Waals surface area contributed by atoms with Gasteiger partial charge in [-0.15, -0.1) is 0 Å². The van der Waals surface area contributed by atoms with Crippen LogP contribution in [0.4, 0.5) is 0 Å². The van der Waals surface area contributed by atoms with Gasteiger partial charge in [-0.1, -0.05) is 20.8 Å². The van der Waals surface area contributed by atoms with E-state index in [1.54, 1.807) is 6.07 Å². The fourth-order valence-corrected chi connectivity index (χ4v) is 4.02. The molecule has 2 fully saturated rings. The van der Waals surface area contributed by atoms with E-state index in [-0.39, 0.29) is 22.9 Å². The Balaban J connectivity index is 1.71. The normalized spacial score (nSPS) is 24.6. The molecule has 1 aromatic rings. The number of hydrogen-bond donors (Lipinski definition) is 2. The number of furan rings is 1. The lowest BCUT2D eigenvalue weighted by Crippen LogP contribution is -2.55. The van der Waals surface area contributed by atoms with Gasteiger partial charge in [0.15, 0.2) is 5.76 Å². The average molecular weight is 350 g/mol. The van der Waals surface area contributed by atoms with Gasteiger partial charge in [-0.05, 0) is 31.7 Å². The number of piperidine rings is 1. The van der Waals surface area contributed by atoms with Crippen LogP contribution in [0.15, 0.2) is 10.5 Å². The SMILES string of the molecule is CC(C)(C)c1oc(C(N)=O)cc1CN1CCC2(CC1)OCCC[C@H]2O. The van der Waals surface area contributed by atoms with Gasteiger partial charge in [0, 0.05) is 37.2 Å². The molecule has 1 atom stereocenters. The van der Waals surface area contributed by atoms with E-state index >= 15 is 0 Å². The second-order valence-electron chi connectivity index (χ2n) is 8.43. The van der Waals surface area contributed by atoms with Crippen LogP contribution in [0.1, 0.15) is 68.3 Å². The largest absolute Gasteiger partial charge is 0.455 e. The van der Waals surface area contributed by atoms with Gasteiger partial charge in [0.25, 0.3) is 5.91 Å². The standard InChI is InChI=1S/C19H30N2O4/c1-18(2,3)16-13(11-14(25-16)17(20)23)12-21-8-6-19(7-9-21)15(22)5-4-10-24-19/h11,15,22H,4-10,12H2,1-3H3,(H2,20,23)/t15-/m1/s1. The predicted octanol–water partition coefficient (Wildman–Crippen LogP) is 2.18. The molecule has 3 N–H and O–H groups in total. The van der Waals surface area contributed by atoms with Crippen LogP contribution in [-0.2, 0) is 16.7 Å². The summed E-state index contributed by atoms with van der Waals surface area (Å²) in [5, 5.41) is 10.4. The Morgan fingerprint density at radius 2 is 2.08 bits per heavy atom. The summed E-state index contributed by atoms with van der Waals surface area (Å²) in [5.74, 6) is 0.503. The van der Waals surface area contributed by atoms with E-state index in [2.05, 4.69) is 25.7 Å². The van der Waals surface area contributed by atoms with Gasteiger partial charge >= 0.3 is 0 Å². The third-order valence-corrected chi connectivity index (χ3v) is 5.45. The highest BCUT2D eigenvalue weighted by Gasteiger charge is 2.43. The summed E-state index contributed by atoms with van der Waals surface area (Å²) in [6.45, 7) is 9.38. The quantitative estimate of drug-likeness (QED) is 0.872. The van der Waals surface area contributed by atoms with Crippen LogP contribution in [0.3, 0.4) is 0 Å². The molecule has 6 heteroatoms. The van der Waals surface area contributed by atoms with Crippen LogP contribution in [0.2, 0.25) is 0 Å². The lowest BCUT2D eigenvalue weighted by atomic mass is 9.82. The first-order valence-electron chi connectivity index (χ1n) is 9.19. The number of rotatable bonds is 3. The van der Waals surface area contributed by atoms with Crippen LogP contribution in [0, 0.1) is 0 Å². The molecule has 2 saturated heterocycles. The Kier molecular flexibility index (Phi) is 4.97. The number of likely N-dealkylation sites (tertiary alicyclic amines) is 1. The topological polar surface area (TPSA) is 88.9 Å². The number of ether oxygens (including phenoxy) is 1. The van der Waals surface area contributed by atoms with E-state index in [0.29, 0.717) is 0 Å². The first-order chi connectivity index (χ1) is 11.7. The Morgan fingerprint density at radius 1 is 1.40 bits per heavy atom. The molecule has 140 valence electrons. The second kappa shape index (κ2) is 6.74. The highest BCUT2D eigenvalue weighted by molar-refractivity contribution is 5.90. The van der Waals surface area contributed by atoms with Gasteiger partial charge in [0.2, 0.25) is 0 Å². The van der Waals surface area contributed by atoms with E-state index in [4.69, 9.17) is 14.9 Å². The monoisotopic (exact) mass is 350 g/mol. The van der Waals surface area contributed by atoms with E-state index in [1.165, 1.54) is 0 Å². The minimum atomic E-state index is -0.534. The van der Waals surface area contributed by atoms with E-state index in [0.717, 1.165) is 63.2 Å². The number of amides is 1. The molecule has 0 aromatic carbocycles. The third kappa shape index (κ3) is 3.76. The average Bonchev–Trinajstić information content (AvgIpc) is 2.97. The van der Waals surface area contributed by atoms with Gasteiger partial charge in [0.1, 0.15) is 5.76 Å². The summed E-state index contributed by atoms with van der Waals surface area (Å²) >= 11 is 0. The molecular formula is C19H30N2O4. The van der Waals surface area contributed by atoms with Crippen molar-refractivity contribution in [3.63, 3.8) is 0 Å². The van der Waals surface area contributed by atoms with E-state index in [9.17, 15) is 9.90 Å². The van der Waals surface area contributed by atoms with Crippen LogP contribution < -0.4 is 5.73 Å². The van der Waals surface area contributed by atoms with Crippen molar-refractivity contribution in [2.75, 3.05) is 19.7 Å². The minimum Gasteiger partial charge on any atom is -0.455 e. The van der Waals surface area contributed by atoms with Gasteiger partial charge in [-0.2, -0.15) is 0 Å². The Bertz CT molecular complexity index is 624. The predicted molar refractivity (Wildman–Crippen MR) is 94.4 cm³/mol. The summed E-state index contributed by atoms with van der Waals surface area (Å²) in [4.78, 5) is 13.8. The molecule has 1 aromatic heterocycles. The third-order valence-electron chi connectivity index (χ3n) is 5.45. The Morgan fingerprint density at radius 3 is 2.64 bits per heavy atom. The van der Waals surface area contributed by atoms with Crippen molar-refractivity contribution in [2.24, 2.45) is 5.73 Å². The van der Waals surface area contributed by atoms with Crippen LogP contribution >= 0.6 is 0 Å². The Hall–Kier alpha value is -1.37. The van der Waals surface area contributed by atoms with Crippen molar-refractivity contribution < 1.29 is 19.1 Å². The molecular weight excluding hydrogens is 320 g/mol. The zero-order valence-electron chi connectivity index (χ0n) is 15.5. The summed E-state index contributed by atoms with van der Waals surface area (Å²) in [5.41, 5.74) is 5.85. The summed E-state index contributed by atoms with van der Waals surface area (Å²) in [6.07, 6.45) is 3.08. The van der Waals surface area contributed by atoms with Gasteiger partial charge < -0.3 is 20.0 Å². The van der Waals surface area contributed by atoms with Crippen LogP contribution in [0.25, 0.3) is 0 Å². The lowest BCUT2D eigenvalue weighted by molar-refractivity contribution is -0.177. The van der Waals surface area contributed by atoms with Crippen molar-refractivity contribution in [2.45, 2.75) is 70.1 Å². The molecule has 0 unspecified atom stereocenters. The number of carbonyl (C=O) groups is 1. The van der Waals surface area contributed by atoms with Crippen LogP contribution in [-0.4, -0.2) is 47.3 Å². The highest BCUT2D eigenvalue weighted by atomic mass is 16.5. The zero-order chi connectivity index (χ0) is 18.2. The molecule has 0 radical (unpaired) electrons. The number of aliphatic hydroxyl groups excluding tert-OH is 1. The summed E-state index contributed by atoms with van der Waals surface area (Å²) in [6, 6.07) is 1.78. The maximum atomic E-state index is 11.5. The van der Waals surface area contributed by atoms with Gasteiger partial charge in [-0.25, -0.2) is 0 Å². The van der Waals surface area contributed by atoms with Crippen molar-refractivity contribution in [3.8, 4) is 0 Å². The fourth-order valence-electron chi connectivity index (χ4n) is 4.02. The van der Waals surface area contributed by atoms with Crippen molar-refractivity contribution in [1.82, 2.24) is 4.90 Å². The molecule has 3 heterocycles. The van der Waals surface area contributed by atoms with Gasteiger partial charge in [-0.3, -0.25) is 9.69 Å². The summed E-state index contributed by atoms with van der Waals surface area (Å²) < 4.78 is 11.7. The van der Waals surface area contributed by atoms with Crippen molar-refractivity contribution in [1.29, 1.82) is 0 Å². The van der Waals surface area contributed by atoms with Crippen molar-refractivity contribution in [3.05, 3.63) is 23.2 Å². The number of aliphatic hydroxyl groups is 1. The Labute approximate surface area is 149 Å². The molecule has 6 nitrogen and oxygen atoms in total. The smallest absolute Gasteiger partial charge is 0.284 e. The van der Waals surface area contributed by atoms with Crippen molar-refractivity contribution >= 4 is 5.91 Å². The number of carbonyl (C=O) groups excluding carboxylic acids is 1. The maximum absolute atomic E-state index is 11.5. The molecule has 25 heavy (non-hydrogen) atoms. The molecule has 2 aliphatic rings. The number of hydrogen-bond acceptors (Lipinski definition) is 5. The fraction of sp³-hybridized carbons (Fsp3) is 0.737. The maximum Gasteiger partial charge on any atom is 0.284 e. The molecule has 1 amide bonds. The van der Waals surface area contributed by atoms with Gasteiger partial charge in [0.05, 0.1) is 11.7 Å². The second-order valence-corrected chi connectivity index (χ2v) is 8.43. The molecule has 3 rings (SSSR count). The number of primary amides is 1. The number of nitrogens with zero attached hydrogens (tertiary/aromatic N) is 1. The molecule has 0 aliphatic carbocycles. The first-order valence-corrected chi connectivity index (χ1v) is 9.19. The summed E-state index contributed by atoms with van der Waals surface area (Å²) in [7, 11) is 0. The minimum absolute atomic E-state index is 0.192. The lowest BCUT2D eigenvalue weighted by Gasteiger charge is -2.46. The highest BCUT2D eigenvalue weighted by Crippen LogP contribution is 2.36. The zero-order valence-corrected chi connectivity index (χ0v) is 15.5. The molecule has 0 bridgehead atoms. The van der Waals surface area contributed by atoms with E-state index < -0.39 is 5.91 Å². The first kappa shape index (κ1) is 18.4. The molecule has 2 aliphatic heterocycles. The van der Waals surface area contributed by atoms with E-state index in [1.807, 2.05) is 0 Å². The molecule has 1 spiro atoms. The van der Waals surface area contributed by atoms with Crippen LogP contribution in [0.5, 0.6) is 0 Å².